The van der Waals surface area contributed by atoms with Crippen LogP contribution in [-0.4, -0.2) is 51.9 Å². The minimum absolute atomic E-state index is 0.0770. The molecule has 9 heteroatoms. The van der Waals surface area contributed by atoms with Gasteiger partial charge < -0.3 is 15.5 Å². The molecule has 0 aromatic carbocycles. The Bertz CT molecular complexity index is 1160. The third kappa shape index (κ3) is 6.32. The Balaban J connectivity index is 1.56. The molecule has 35 heavy (non-hydrogen) atoms. The van der Waals surface area contributed by atoms with E-state index < -0.39 is 5.83 Å². The van der Waals surface area contributed by atoms with Crippen LogP contribution >= 0.6 is 11.6 Å². The smallest absolute Gasteiger partial charge is 0.255 e. The summed E-state index contributed by atoms with van der Waals surface area (Å²) in [4.78, 5) is 28.6. The van der Waals surface area contributed by atoms with E-state index in [9.17, 15) is 9.18 Å². The highest BCUT2D eigenvalue weighted by Gasteiger charge is 2.23. The van der Waals surface area contributed by atoms with E-state index in [1.54, 1.807) is 12.3 Å². The van der Waals surface area contributed by atoms with Crippen LogP contribution in [0.5, 0.6) is 0 Å². The number of hydrogen-bond acceptors (Lipinski definition) is 6. The number of piperidine rings is 1. The number of likely N-dealkylation sites (tertiary alicyclic amines) is 1. The molecule has 3 heterocycles. The highest BCUT2D eigenvalue weighted by atomic mass is 35.5. The fraction of sp³-hybridized carbons (Fsp3) is 0.385. The van der Waals surface area contributed by atoms with Gasteiger partial charge in [0.15, 0.2) is 5.82 Å². The molecule has 0 saturated carbocycles. The number of aromatic nitrogens is 3. The van der Waals surface area contributed by atoms with Gasteiger partial charge in [0.2, 0.25) is 0 Å². The summed E-state index contributed by atoms with van der Waals surface area (Å²) in [5.41, 5.74) is 2.86. The van der Waals surface area contributed by atoms with Crippen molar-refractivity contribution in [1.29, 1.82) is 0 Å². The molecule has 0 spiro atoms. The Hall–Kier alpha value is -3.10. The number of anilines is 2. The SMILES string of the molecule is C=C(Cl)/C=C(\C(=C)F)c1nc2c(c(Nc3ccncc3C(=O)NCCN3CCCCC3)n1)CCC2. The van der Waals surface area contributed by atoms with E-state index in [0.717, 1.165) is 50.2 Å². The normalized spacial score (nSPS) is 16.0. The topological polar surface area (TPSA) is 83.0 Å². The van der Waals surface area contributed by atoms with Crippen LogP contribution < -0.4 is 10.6 Å². The molecule has 184 valence electrons. The van der Waals surface area contributed by atoms with E-state index in [-0.39, 0.29) is 22.3 Å². The van der Waals surface area contributed by atoms with Crippen LogP contribution in [0.3, 0.4) is 0 Å². The second kappa shape index (κ2) is 11.6. The van der Waals surface area contributed by atoms with Crippen molar-refractivity contribution in [2.45, 2.75) is 38.5 Å². The van der Waals surface area contributed by atoms with Crippen LogP contribution in [0.15, 0.2) is 48.6 Å². The molecule has 1 amide bonds. The molecule has 2 aromatic rings. The zero-order valence-corrected chi connectivity index (χ0v) is 20.5. The van der Waals surface area contributed by atoms with Gasteiger partial charge in [-0.15, -0.1) is 0 Å². The summed E-state index contributed by atoms with van der Waals surface area (Å²) < 4.78 is 14.2. The molecule has 0 unspecified atom stereocenters. The van der Waals surface area contributed by atoms with Gasteiger partial charge in [-0.25, -0.2) is 14.4 Å². The largest absolute Gasteiger partial charge is 0.351 e. The Morgan fingerprint density at radius 3 is 2.71 bits per heavy atom. The summed E-state index contributed by atoms with van der Waals surface area (Å²) in [6, 6.07) is 1.73. The number of allylic oxidation sites excluding steroid dienone is 4. The van der Waals surface area contributed by atoms with Gasteiger partial charge in [-0.2, -0.15) is 0 Å². The highest BCUT2D eigenvalue weighted by Crippen LogP contribution is 2.32. The van der Waals surface area contributed by atoms with E-state index in [0.29, 0.717) is 23.6 Å². The first-order valence-corrected chi connectivity index (χ1v) is 12.3. The summed E-state index contributed by atoms with van der Waals surface area (Å²) in [6.07, 6.45) is 10.7. The fourth-order valence-corrected chi connectivity index (χ4v) is 4.60. The predicted molar refractivity (Wildman–Crippen MR) is 137 cm³/mol. The number of hydrogen-bond donors (Lipinski definition) is 2. The van der Waals surface area contributed by atoms with Crippen molar-refractivity contribution in [2.24, 2.45) is 0 Å². The van der Waals surface area contributed by atoms with Gasteiger partial charge in [0, 0.05) is 41.8 Å². The molecule has 1 aliphatic carbocycles. The van der Waals surface area contributed by atoms with Crippen molar-refractivity contribution in [3.05, 3.63) is 71.2 Å². The maximum absolute atomic E-state index is 14.2. The van der Waals surface area contributed by atoms with Crippen LogP contribution in [0.2, 0.25) is 0 Å². The molecule has 0 atom stereocenters. The maximum atomic E-state index is 14.2. The fourth-order valence-electron chi connectivity index (χ4n) is 4.49. The minimum Gasteiger partial charge on any atom is -0.351 e. The third-order valence-corrected chi connectivity index (χ3v) is 6.36. The van der Waals surface area contributed by atoms with Crippen molar-refractivity contribution in [1.82, 2.24) is 25.2 Å². The molecule has 4 rings (SSSR count). The van der Waals surface area contributed by atoms with E-state index in [1.165, 1.54) is 31.5 Å². The molecule has 0 radical (unpaired) electrons. The number of carbonyl (C=O) groups is 1. The van der Waals surface area contributed by atoms with Gasteiger partial charge in [-0.3, -0.25) is 9.78 Å². The van der Waals surface area contributed by atoms with E-state index in [1.807, 2.05) is 0 Å². The summed E-state index contributed by atoms with van der Waals surface area (Å²) in [7, 11) is 0. The first kappa shape index (κ1) is 25.0. The standard InChI is InChI=1S/C26H30ClFN6O/c1-17(27)15-20(18(2)28)25-31-22-8-6-7-19(22)24(33-25)32-23-9-10-29-16-21(23)26(35)30-11-14-34-12-4-3-5-13-34/h9-10,15-16H,1-8,11-14H2,(H,30,35)(H,29,31,32,33)/b20-15+. The molecule has 2 aliphatic rings. The van der Waals surface area contributed by atoms with E-state index in [2.05, 4.69) is 43.6 Å². The first-order chi connectivity index (χ1) is 16.9. The maximum Gasteiger partial charge on any atom is 0.255 e. The quantitative estimate of drug-likeness (QED) is 0.478. The lowest BCUT2D eigenvalue weighted by Gasteiger charge is -2.26. The zero-order chi connectivity index (χ0) is 24.8. The van der Waals surface area contributed by atoms with Crippen molar-refractivity contribution >= 4 is 34.6 Å². The summed E-state index contributed by atoms with van der Waals surface area (Å²) in [5.74, 6) is -0.208. The Morgan fingerprint density at radius 1 is 1.17 bits per heavy atom. The lowest BCUT2D eigenvalue weighted by molar-refractivity contribution is 0.0947. The van der Waals surface area contributed by atoms with Gasteiger partial charge in [0.05, 0.1) is 16.8 Å². The van der Waals surface area contributed by atoms with E-state index in [4.69, 9.17) is 11.6 Å². The monoisotopic (exact) mass is 496 g/mol. The number of nitrogens with zero attached hydrogens (tertiary/aromatic N) is 4. The van der Waals surface area contributed by atoms with Crippen LogP contribution in [0.4, 0.5) is 15.9 Å². The van der Waals surface area contributed by atoms with Gasteiger partial charge in [-0.1, -0.05) is 31.2 Å². The van der Waals surface area contributed by atoms with Crippen molar-refractivity contribution in [2.75, 3.05) is 31.5 Å². The summed E-state index contributed by atoms with van der Waals surface area (Å²) in [5, 5.41) is 6.44. The minimum atomic E-state index is -0.701. The number of nitrogens with one attached hydrogen (secondary N) is 2. The number of aryl methyl sites for hydroxylation is 1. The molecule has 1 fully saturated rings. The second-order valence-corrected chi connectivity index (χ2v) is 9.27. The second-order valence-electron chi connectivity index (χ2n) is 8.79. The van der Waals surface area contributed by atoms with E-state index >= 15 is 0 Å². The van der Waals surface area contributed by atoms with Crippen molar-refractivity contribution in [3.8, 4) is 0 Å². The van der Waals surface area contributed by atoms with Crippen LogP contribution in [-0.2, 0) is 12.8 Å². The Labute approximate surface area is 210 Å². The number of pyridine rings is 1. The average Bonchev–Trinajstić information content (AvgIpc) is 3.32. The summed E-state index contributed by atoms with van der Waals surface area (Å²) in [6.45, 7) is 10.5. The lowest BCUT2D eigenvalue weighted by Crippen LogP contribution is -2.37. The molecule has 1 saturated heterocycles. The lowest BCUT2D eigenvalue weighted by atomic mass is 10.1. The molecule has 0 bridgehead atoms. The van der Waals surface area contributed by atoms with Crippen LogP contribution in [0.1, 0.15) is 53.1 Å². The Morgan fingerprint density at radius 2 is 1.97 bits per heavy atom. The molecular formula is C26H30ClFN6O. The Kier molecular flexibility index (Phi) is 8.25. The van der Waals surface area contributed by atoms with Gasteiger partial charge in [0.25, 0.3) is 5.91 Å². The summed E-state index contributed by atoms with van der Waals surface area (Å²) >= 11 is 5.90. The van der Waals surface area contributed by atoms with Gasteiger partial charge in [0.1, 0.15) is 11.6 Å². The molecular weight excluding hydrogens is 467 g/mol. The third-order valence-electron chi connectivity index (χ3n) is 6.25. The number of amides is 1. The number of carbonyl (C=O) groups excluding carboxylic acids is 1. The molecule has 2 aromatic heterocycles. The molecule has 2 N–H and O–H groups in total. The van der Waals surface area contributed by atoms with Crippen LogP contribution in [0, 0.1) is 0 Å². The molecule has 7 nitrogen and oxygen atoms in total. The van der Waals surface area contributed by atoms with Gasteiger partial charge >= 0.3 is 0 Å². The van der Waals surface area contributed by atoms with Crippen LogP contribution in [0.25, 0.3) is 5.57 Å². The van der Waals surface area contributed by atoms with Crippen molar-refractivity contribution < 1.29 is 9.18 Å². The number of fused-ring (bicyclic) bond motifs is 1. The molecule has 1 aliphatic heterocycles. The van der Waals surface area contributed by atoms with Crippen molar-refractivity contribution in [3.63, 3.8) is 0 Å². The predicted octanol–water partition coefficient (Wildman–Crippen LogP) is 4.94. The number of rotatable bonds is 9. The first-order valence-electron chi connectivity index (χ1n) is 11.9. The number of halogens is 2. The van der Waals surface area contributed by atoms with Gasteiger partial charge in [-0.05, 0) is 57.3 Å². The highest BCUT2D eigenvalue weighted by molar-refractivity contribution is 6.31. The average molecular weight is 497 g/mol. The zero-order valence-electron chi connectivity index (χ0n) is 19.7.